The molecule has 1 heterocycles. The zero-order valence-corrected chi connectivity index (χ0v) is 16.7. The van der Waals surface area contributed by atoms with E-state index in [1.54, 1.807) is 0 Å². The molecule has 2 heteroatoms. The van der Waals surface area contributed by atoms with E-state index < -0.39 is 0 Å². The molecule has 0 N–H and O–H groups in total. The lowest BCUT2D eigenvalue weighted by Gasteiger charge is -2.40. The Morgan fingerprint density at radius 2 is 1.17 bits per heavy atom. The van der Waals surface area contributed by atoms with Gasteiger partial charge >= 0.3 is 0 Å². The summed E-state index contributed by atoms with van der Waals surface area (Å²) in [6.07, 6.45) is 15.6. The summed E-state index contributed by atoms with van der Waals surface area (Å²) in [5.74, 6) is 0. The van der Waals surface area contributed by atoms with Gasteiger partial charge < -0.3 is 9.80 Å². The first-order chi connectivity index (χ1) is 11.1. The minimum absolute atomic E-state index is 0.551. The van der Waals surface area contributed by atoms with Gasteiger partial charge in [-0.15, -0.1) is 0 Å². The molecule has 0 aromatic rings. The number of nitrogens with zero attached hydrogens (tertiary/aromatic N) is 2. The van der Waals surface area contributed by atoms with Gasteiger partial charge in [-0.25, -0.2) is 0 Å². The molecule has 0 aromatic heterocycles. The Morgan fingerprint density at radius 3 is 1.70 bits per heavy atom. The summed E-state index contributed by atoms with van der Waals surface area (Å²) in [4.78, 5) is 5.21. The Morgan fingerprint density at radius 1 is 0.696 bits per heavy atom. The third-order valence-corrected chi connectivity index (χ3v) is 5.72. The van der Waals surface area contributed by atoms with Crippen molar-refractivity contribution < 1.29 is 0 Å². The van der Waals surface area contributed by atoms with Gasteiger partial charge in [-0.3, -0.25) is 0 Å². The summed E-state index contributed by atoms with van der Waals surface area (Å²) in [5.41, 5.74) is 0.551. The van der Waals surface area contributed by atoms with E-state index in [-0.39, 0.29) is 0 Å². The highest BCUT2D eigenvalue weighted by atomic mass is 15.2. The fourth-order valence-electron chi connectivity index (χ4n) is 3.96. The average Bonchev–Trinajstić information content (AvgIpc) is 2.54. The van der Waals surface area contributed by atoms with E-state index in [2.05, 4.69) is 37.6 Å². The van der Waals surface area contributed by atoms with Crippen molar-refractivity contribution in [2.75, 3.05) is 39.8 Å². The van der Waals surface area contributed by atoms with Gasteiger partial charge in [0.1, 0.15) is 0 Å². The molecular weight excluding hydrogens is 280 g/mol. The molecule has 0 aliphatic carbocycles. The van der Waals surface area contributed by atoms with Crippen LogP contribution in [0.25, 0.3) is 0 Å². The molecule has 0 aromatic carbocycles. The van der Waals surface area contributed by atoms with E-state index in [1.165, 1.54) is 103 Å². The van der Waals surface area contributed by atoms with Crippen molar-refractivity contribution in [1.29, 1.82) is 0 Å². The van der Waals surface area contributed by atoms with Gasteiger partial charge in [0, 0.05) is 32.7 Å². The zero-order chi connectivity index (χ0) is 17.0. The Kier molecular flexibility index (Phi) is 11.2. The van der Waals surface area contributed by atoms with Gasteiger partial charge in [0.2, 0.25) is 0 Å². The molecule has 0 bridgehead atoms. The van der Waals surface area contributed by atoms with E-state index in [1.807, 2.05) is 0 Å². The Labute approximate surface area is 147 Å². The minimum atomic E-state index is 0.551. The van der Waals surface area contributed by atoms with Crippen molar-refractivity contribution >= 4 is 0 Å². The smallest absolute Gasteiger partial charge is 0.0110 e. The molecule has 1 fully saturated rings. The van der Waals surface area contributed by atoms with Crippen LogP contribution < -0.4 is 0 Å². The highest BCUT2D eigenvalue weighted by Crippen LogP contribution is 2.32. The fraction of sp³-hybridized carbons (Fsp3) is 1.00. The molecule has 0 radical (unpaired) electrons. The predicted molar refractivity (Wildman–Crippen MR) is 104 cm³/mol. The normalized spacial score (nSPS) is 19.8. The Hall–Kier alpha value is -0.0800. The van der Waals surface area contributed by atoms with Crippen molar-refractivity contribution in [3.63, 3.8) is 0 Å². The van der Waals surface area contributed by atoms with Crippen LogP contribution >= 0.6 is 0 Å². The van der Waals surface area contributed by atoms with Crippen molar-refractivity contribution in [3.05, 3.63) is 0 Å². The van der Waals surface area contributed by atoms with Crippen molar-refractivity contribution in [1.82, 2.24) is 9.80 Å². The maximum Gasteiger partial charge on any atom is 0.0110 e. The van der Waals surface area contributed by atoms with Crippen LogP contribution in [0.1, 0.15) is 91.4 Å². The lowest BCUT2D eigenvalue weighted by molar-refractivity contribution is 0.0902. The number of likely N-dealkylation sites (N-methyl/N-ethyl adjacent to an activating group) is 1. The molecule has 23 heavy (non-hydrogen) atoms. The first-order valence-corrected chi connectivity index (χ1v) is 10.5. The summed E-state index contributed by atoms with van der Waals surface area (Å²) < 4.78 is 0. The summed E-state index contributed by atoms with van der Waals surface area (Å²) in [5, 5.41) is 0. The highest BCUT2D eigenvalue weighted by molar-refractivity contribution is 4.81. The highest BCUT2D eigenvalue weighted by Gasteiger charge is 2.27. The molecule has 1 aliphatic rings. The molecule has 1 saturated heterocycles. The van der Waals surface area contributed by atoms with Crippen molar-refractivity contribution in [3.8, 4) is 0 Å². The third-order valence-electron chi connectivity index (χ3n) is 5.72. The Balaban J connectivity index is 2.38. The molecule has 0 amide bonds. The van der Waals surface area contributed by atoms with E-state index in [0.29, 0.717) is 5.41 Å². The largest absolute Gasteiger partial charge is 0.304 e. The molecule has 1 rings (SSSR count). The molecule has 1 atom stereocenters. The maximum absolute atomic E-state index is 2.74. The second-order valence-electron chi connectivity index (χ2n) is 8.36. The van der Waals surface area contributed by atoms with Crippen LogP contribution in [0.15, 0.2) is 0 Å². The molecule has 0 saturated carbocycles. The average molecular weight is 325 g/mol. The first kappa shape index (κ1) is 21.0. The van der Waals surface area contributed by atoms with E-state index in [0.717, 1.165) is 0 Å². The van der Waals surface area contributed by atoms with Gasteiger partial charge in [0.05, 0.1) is 0 Å². The van der Waals surface area contributed by atoms with Crippen LogP contribution in [-0.2, 0) is 0 Å². The topological polar surface area (TPSA) is 6.48 Å². The SMILES string of the molecule is CCCCCCCC(C)(CCCCCC)CN1CCN(C)CC1. The maximum atomic E-state index is 2.74. The van der Waals surface area contributed by atoms with Gasteiger partial charge in [-0.1, -0.05) is 78.6 Å². The molecule has 1 aliphatic heterocycles. The second kappa shape index (κ2) is 12.3. The lowest BCUT2D eigenvalue weighted by Crippen LogP contribution is -2.48. The zero-order valence-electron chi connectivity index (χ0n) is 16.7. The molecule has 2 nitrogen and oxygen atoms in total. The fourth-order valence-corrected chi connectivity index (χ4v) is 3.96. The van der Waals surface area contributed by atoms with E-state index >= 15 is 0 Å². The molecule has 138 valence electrons. The summed E-state index contributed by atoms with van der Waals surface area (Å²) in [7, 11) is 2.26. The number of piperazine rings is 1. The second-order valence-corrected chi connectivity index (χ2v) is 8.36. The van der Waals surface area contributed by atoms with Crippen LogP contribution in [0, 0.1) is 5.41 Å². The minimum Gasteiger partial charge on any atom is -0.304 e. The van der Waals surface area contributed by atoms with Gasteiger partial charge in [-0.05, 0) is 25.3 Å². The molecular formula is C21H44N2. The van der Waals surface area contributed by atoms with Crippen LogP contribution in [-0.4, -0.2) is 49.6 Å². The third kappa shape index (κ3) is 9.72. The number of hydrogen-bond acceptors (Lipinski definition) is 2. The van der Waals surface area contributed by atoms with Crippen LogP contribution in [0.5, 0.6) is 0 Å². The Bertz CT molecular complexity index is 271. The van der Waals surface area contributed by atoms with Crippen LogP contribution in [0.3, 0.4) is 0 Å². The van der Waals surface area contributed by atoms with Gasteiger partial charge in [0.15, 0.2) is 0 Å². The van der Waals surface area contributed by atoms with Gasteiger partial charge in [0.25, 0.3) is 0 Å². The first-order valence-electron chi connectivity index (χ1n) is 10.5. The summed E-state index contributed by atoms with van der Waals surface area (Å²) >= 11 is 0. The van der Waals surface area contributed by atoms with E-state index in [4.69, 9.17) is 0 Å². The van der Waals surface area contributed by atoms with Crippen molar-refractivity contribution in [2.24, 2.45) is 5.41 Å². The molecule has 0 spiro atoms. The van der Waals surface area contributed by atoms with Crippen LogP contribution in [0.4, 0.5) is 0 Å². The van der Waals surface area contributed by atoms with Crippen molar-refractivity contribution in [2.45, 2.75) is 91.4 Å². The lowest BCUT2D eigenvalue weighted by atomic mass is 9.79. The van der Waals surface area contributed by atoms with E-state index in [9.17, 15) is 0 Å². The number of unbranched alkanes of at least 4 members (excludes halogenated alkanes) is 7. The van der Waals surface area contributed by atoms with Crippen LogP contribution in [0.2, 0.25) is 0 Å². The predicted octanol–water partition coefficient (Wildman–Crippen LogP) is 5.57. The molecule has 1 unspecified atom stereocenters. The number of hydrogen-bond donors (Lipinski definition) is 0. The quantitative estimate of drug-likeness (QED) is 0.409. The number of rotatable bonds is 13. The van der Waals surface area contributed by atoms with Gasteiger partial charge in [-0.2, -0.15) is 0 Å². The standard InChI is InChI=1S/C21H44N2/c1-5-7-9-11-13-15-21(3,14-12-10-8-6-2)20-23-18-16-22(4)17-19-23/h5-20H2,1-4H3. The summed E-state index contributed by atoms with van der Waals surface area (Å²) in [6, 6.07) is 0. The monoisotopic (exact) mass is 324 g/mol. The summed E-state index contributed by atoms with van der Waals surface area (Å²) in [6.45, 7) is 13.6.